The van der Waals surface area contributed by atoms with E-state index in [0.717, 1.165) is 19.5 Å². The van der Waals surface area contributed by atoms with E-state index in [2.05, 4.69) is 42.2 Å². The van der Waals surface area contributed by atoms with Crippen molar-refractivity contribution < 1.29 is 9.53 Å². The Morgan fingerprint density at radius 1 is 1.36 bits per heavy atom. The Bertz CT molecular complexity index is 501. The summed E-state index contributed by atoms with van der Waals surface area (Å²) in [5, 5.41) is 6.28. The largest absolute Gasteiger partial charge is 0.444 e. The lowest BCUT2D eigenvalue weighted by Crippen LogP contribution is -2.38. The van der Waals surface area contributed by atoms with Gasteiger partial charge < -0.3 is 19.9 Å². The normalized spacial score (nSPS) is 13.0. The summed E-state index contributed by atoms with van der Waals surface area (Å²) in [6.45, 7) is 13.5. The number of carbonyl (C=O) groups excluding carboxylic acids is 1. The fourth-order valence-electron chi connectivity index (χ4n) is 2.23. The molecule has 1 unspecified atom stereocenters. The highest BCUT2D eigenvalue weighted by molar-refractivity contribution is 5.67. The number of aromatic nitrogens is 1. The zero-order valence-corrected chi connectivity index (χ0v) is 15.0. The number of ether oxygens (including phenoxy) is 1. The van der Waals surface area contributed by atoms with Crippen molar-refractivity contribution in [3.63, 3.8) is 0 Å². The maximum Gasteiger partial charge on any atom is 0.407 e. The summed E-state index contributed by atoms with van der Waals surface area (Å²) in [4.78, 5) is 11.7. The number of nitrogens with one attached hydrogen (secondary N) is 2. The minimum Gasteiger partial charge on any atom is -0.444 e. The number of nitrogens with zero attached hydrogens (tertiary/aromatic N) is 1. The molecule has 0 aliphatic heterocycles. The van der Waals surface area contributed by atoms with E-state index in [1.54, 1.807) is 0 Å². The third-order valence-corrected chi connectivity index (χ3v) is 3.71. The highest BCUT2D eigenvalue weighted by atomic mass is 16.6. The zero-order valence-electron chi connectivity index (χ0n) is 15.0. The maximum atomic E-state index is 11.7. The highest BCUT2D eigenvalue weighted by Crippen LogP contribution is 2.12. The molecular weight excluding hydrogens is 278 g/mol. The summed E-state index contributed by atoms with van der Waals surface area (Å²) in [6, 6.07) is 2.30. The monoisotopic (exact) mass is 309 g/mol. The van der Waals surface area contributed by atoms with Crippen molar-refractivity contribution in [2.45, 2.75) is 66.2 Å². The van der Waals surface area contributed by atoms with Crippen molar-refractivity contribution in [2.75, 3.05) is 6.54 Å². The van der Waals surface area contributed by atoms with Crippen LogP contribution in [0.3, 0.4) is 0 Å². The molecule has 1 rings (SSSR count). The smallest absolute Gasteiger partial charge is 0.407 e. The van der Waals surface area contributed by atoms with E-state index in [1.807, 2.05) is 27.7 Å². The van der Waals surface area contributed by atoms with Crippen molar-refractivity contribution in [2.24, 2.45) is 7.05 Å². The fourth-order valence-corrected chi connectivity index (χ4v) is 2.23. The second-order valence-electron chi connectivity index (χ2n) is 6.97. The average molecular weight is 309 g/mol. The van der Waals surface area contributed by atoms with Gasteiger partial charge >= 0.3 is 6.09 Å². The molecule has 22 heavy (non-hydrogen) atoms. The van der Waals surface area contributed by atoms with Gasteiger partial charge in [0, 0.05) is 31.0 Å². The number of amides is 1. The summed E-state index contributed by atoms with van der Waals surface area (Å²) in [5.41, 5.74) is 3.44. The SMILES string of the molecule is Cc1cc(CNCCC(C)NC(=O)OC(C)(C)C)c(C)n1C. The van der Waals surface area contributed by atoms with Gasteiger partial charge in [-0.3, -0.25) is 0 Å². The summed E-state index contributed by atoms with van der Waals surface area (Å²) in [5.74, 6) is 0. The van der Waals surface area contributed by atoms with E-state index >= 15 is 0 Å². The lowest BCUT2D eigenvalue weighted by molar-refractivity contribution is 0.0506. The van der Waals surface area contributed by atoms with Crippen LogP contribution < -0.4 is 10.6 Å². The third kappa shape index (κ3) is 6.10. The molecule has 1 heterocycles. The maximum absolute atomic E-state index is 11.7. The van der Waals surface area contributed by atoms with E-state index in [9.17, 15) is 4.79 Å². The average Bonchev–Trinajstić information content (AvgIpc) is 2.60. The first kappa shape index (κ1) is 18.6. The highest BCUT2D eigenvalue weighted by Gasteiger charge is 2.17. The van der Waals surface area contributed by atoms with E-state index in [-0.39, 0.29) is 12.1 Å². The van der Waals surface area contributed by atoms with E-state index < -0.39 is 5.60 Å². The summed E-state index contributed by atoms with van der Waals surface area (Å²) in [7, 11) is 2.08. The van der Waals surface area contributed by atoms with Crippen LogP contribution in [0.5, 0.6) is 0 Å². The Morgan fingerprint density at radius 3 is 2.50 bits per heavy atom. The molecule has 5 heteroatoms. The molecule has 5 nitrogen and oxygen atoms in total. The van der Waals surface area contributed by atoms with E-state index in [0.29, 0.717) is 0 Å². The molecule has 1 aromatic rings. The van der Waals surface area contributed by atoms with Crippen molar-refractivity contribution in [1.82, 2.24) is 15.2 Å². The molecule has 0 aliphatic carbocycles. The van der Waals surface area contributed by atoms with Crippen molar-refractivity contribution in [3.8, 4) is 0 Å². The number of alkyl carbamates (subject to hydrolysis) is 1. The third-order valence-electron chi connectivity index (χ3n) is 3.71. The standard InChI is InChI=1S/C17H31N3O2/c1-12(19-16(21)22-17(4,5)6)8-9-18-11-15-10-13(2)20(7)14(15)3/h10,12,18H,8-9,11H2,1-7H3,(H,19,21). The van der Waals surface area contributed by atoms with Gasteiger partial charge in [-0.25, -0.2) is 4.79 Å². The second kappa shape index (κ2) is 7.68. The van der Waals surface area contributed by atoms with Crippen molar-refractivity contribution in [1.29, 1.82) is 0 Å². The molecule has 1 aromatic heterocycles. The molecule has 0 aliphatic rings. The van der Waals surface area contributed by atoms with E-state index in [1.165, 1.54) is 17.0 Å². The van der Waals surface area contributed by atoms with Gasteiger partial charge in [0.25, 0.3) is 0 Å². The van der Waals surface area contributed by atoms with Crippen molar-refractivity contribution in [3.05, 3.63) is 23.0 Å². The molecule has 0 spiro atoms. The molecule has 0 saturated carbocycles. The van der Waals surface area contributed by atoms with Gasteiger partial charge in [-0.1, -0.05) is 0 Å². The molecule has 0 bridgehead atoms. The molecule has 0 radical (unpaired) electrons. The van der Waals surface area contributed by atoms with Gasteiger partial charge in [-0.15, -0.1) is 0 Å². The first-order valence-electron chi connectivity index (χ1n) is 7.92. The van der Waals surface area contributed by atoms with Gasteiger partial charge in [0.05, 0.1) is 0 Å². The Labute approximate surface area is 134 Å². The topological polar surface area (TPSA) is 55.3 Å². The summed E-state index contributed by atoms with van der Waals surface area (Å²) < 4.78 is 7.44. The molecule has 0 fully saturated rings. The number of aryl methyl sites for hydroxylation is 1. The van der Waals surface area contributed by atoms with Crippen LogP contribution in [-0.4, -0.2) is 28.8 Å². The van der Waals surface area contributed by atoms with Gasteiger partial charge in [0.1, 0.15) is 5.60 Å². The molecule has 126 valence electrons. The van der Waals surface area contributed by atoms with Crippen LogP contribution in [0.25, 0.3) is 0 Å². The molecule has 0 aromatic carbocycles. The van der Waals surface area contributed by atoms with Gasteiger partial charge in [-0.2, -0.15) is 0 Å². The fraction of sp³-hybridized carbons (Fsp3) is 0.706. The Hall–Kier alpha value is -1.49. The van der Waals surface area contributed by atoms with Crippen LogP contribution in [0.1, 0.15) is 51.1 Å². The van der Waals surface area contributed by atoms with Crippen LogP contribution in [0.15, 0.2) is 6.07 Å². The molecule has 1 amide bonds. The van der Waals surface area contributed by atoms with Crippen LogP contribution in [0.2, 0.25) is 0 Å². The first-order chi connectivity index (χ1) is 10.1. The van der Waals surface area contributed by atoms with Crippen LogP contribution in [0, 0.1) is 13.8 Å². The lowest BCUT2D eigenvalue weighted by atomic mass is 10.2. The quantitative estimate of drug-likeness (QED) is 0.794. The summed E-state index contributed by atoms with van der Waals surface area (Å²) >= 11 is 0. The number of rotatable bonds is 6. The van der Waals surface area contributed by atoms with E-state index in [4.69, 9.17) is 4.74 Å². The molecular formula is C17H31N3O2. The lowest BCUT2D eigenvalue weighted by Gasteiger charge is -2.22. The first-order valence-corrected chi connectivity index (χ1v) is 7.92. The minimum absolute atomic E-state index is 0.0842. The number of hydrogen-bond donors (Lipinski definition) is 2. The molecule has 2 N–H and O–H groups in total. The van der Waals surface area contributed by atoms with Crippen molar-refractivity contribution >= 4 is 6.09 Å². The zero-order chi connectivity index (χ0) is 16.9. The Kier molecular flexibility index (Phi) is 6.48. The second-order valence-corrected chi connectivity index (χ2v) is 6.97. The van der Waals surface area contributed by atoms with Gasteiger partial charge in [-0.05, 0) is 66.1 Å². The minimum atomic E-state index is -0.454. The number of hydrogen-bond acceptors (Lipinski definition) is 3. The molecule has 1 atom stereocenters. The van der Waals surface area contributed by atoms with Crippen LogP contribution in [0.4, 0.5) is 4.79 Å². The van der Waals surface area contributed by atoms with Gasteiger partial charge in [0.15, 0.2) is 0 Å². The van der Waals surface area contributed by atoms with Gasteiger partial charge in [0.2, 0.25) is 0 Å². The summed E-state index contributed by atoms with van der Waals surface area (Å²) in [6.07, 6.45) is 0.513. The molecule has 0 saturated heterocycles. The predicted octanol–water partition coefficient (Wildman–Crippen LogP) is 3.03. The Morgan fingerprint density at radius 2 is 2.00 bits per heavy atom. The van der Waals surface area contributed by atoms with Crippen LogP contribution in [-0.2, 0) is 18.3 Å². The number of carbonyl (C=O) groups is 1. The predicted molar refractivity (Wildman–Crippen MR) is 90.0 cm³/mol. The van der Waals surface area contributed by atoms with Crippen LogP contribution >= 0.6 is 0 Å². The Balaban J connectivity index is 2.26.